The van der Waals surface area contributed by atoms with Crippen molar-refractivity contribution in [1.82, 2.24) is 10.3 Å². The molecule has 0 amide bonds. The molecule has 2 N–H and O–H groups in total. The topological polar surface area (TPSA) is 62.2 Å². The van der Waals surface area contributed by atoms with E-state index in [4.69, 9.17) is 5.11 Å². The monoisotopic (exact) mass is 212 g/mol. The Balaban J connectivity index is 2.12. The van der Waals surface area contributed by atoms with E-state index in [0.717, 1.165) is 10.7 Å². The van der Waals surface area contributed by atoms with Crippen LogP contribution in [-0.4, -0.2) is 29.1 Å². The second kappa shape index (κ2) is 3.33. The van der Waals surface area contributed by atoms with Gasteiger partial charge in [0, 0.05) is 24.9 Å². The molecule has 1 saturated heterocycles. The van der Waals surface area contributed by atoms with Gasteiger partial charge in [0.1, 0.15) is 0 Å². The van der Waals surface area contributed by atoms with Crippen molar-refractivity contribution in [1.29, 1.82) is 0 Å². The van der Waals surface area contributed by atoms with Gasteiger partial charge in [0.15, 0.2) is 0 Å². The van der Waals surface area contributed by atoms with Crippen molar-refractivity contribution in [3.05, 3.63) is 16.1 Å². The molecule has 0 aromatic carbocycles. The van der Waals surface area contributed by atoms with E-state index >= 15 is 0 Å². The molecule has 4 nitrogen and oxygen atoms in total. The van der Waals surface area contributed by atoms with Crippen LogP contribution in [0.1, 0.15) is 10.7 Å². The zero-order valence-corrected chi connectivity index (χ0v) is 8.73. The van der Waals surface area contributed by atoms with Crippen LogP contribution >= 0.6 is 11.3 Å². The van der Waals surface area contributed by atoms with Crippen molar-refractivity contribution >= 4 is 17.3 Å². The van der Waals surface area contributed by atoms with Gasteiger partial charge in [0.2, 0.25) is 0 Å². The van der Waals surface area contributed by atoms with E-state index in [1.807, 2.05) is 12.3 Å². The van der Waals surface area contributed by atoms with Gasteiger partial charge < -0.3 is 10.4 Å². The number of carbonyl (C=O) groups is 1. The van der Waals surface area contributed by atoms with Gasteiger partial charge in [0.05, 0.1) is 16.1 Å². The first-order valence-electron chi connectivity index (χ1n) is 4.47. The number of nitrogens with one attached hydrogen (secondary N) is 1. The van der Waals surface area contributed by atoms with Crippen LogP contribution in [0, 0.1) is 12.3 Å². The minimum atomic E-state index is -0.720. The van der Waals surface area contributed by atoms with Gasteiger partial charge in [-0.2, -0.15) is 0 Å². The summed E-state index contributed by atoms with van der Waals surface area (Å²) in [7, 11) is 0. The fourth-order valence-electron chi connectivity index (χ4n) is 1.61. The Labute approximate surface area is 86.0 Å². The van der Waals surface area contributed by atoms with Crippen molar-refractivity contribution < 1.29 is 9.90 Å². The van der Waals surface area contributed by atoms with Gasteiger partial charge in [-0.15, -0.1) is 11.3 Å². The van der Waals surface area contributed by atoms with E-state index in [1.165, 1.54) is 0 Å². The summed E-state index contributed by atoms with van der Waals surface area (Å²) in [6.07, 6.45) is 0.541. The zero-order valence-electron chi connectivity index (χ0n) is 7.91. The van der Waals surface area contributed by atoms with E-state index in [9.17, 15) is 4.79 Å². The van der Waals surface area contributed by atoms with Gasteiger partial charge in [-0.25, -0.2) is 4.98 Å². The zero-order chi connectivity index (χ0) is 10.2. The first-order valence-corrected chi connectivity index (χ1v) is 5.35. The lowest BCUT2D eigenvalue weighted by Gasteiger charge is -2.38. The Morgan fingerprint density at radius 3 is 2.86 bits per heavy atom. The van der Waals surface area contributed by atoms with Crippen molar-refractivity contribution in [2.75, 3.05) is 13.1 Å². The number of aliphatic carboxylic acids is 1. The second-order valence-electron chi connectivity index (χ2n) is 3.72. The predicted octanol–water partition coefficient (Wildman–Crippen LogP) is 0.668. The highest BCUT2D eigenvalue weighted by atomic mass is 32.1. The van der Waals surface area contributed by atoms with E-state index in [1.54, 1.807) is 11.3 Å². The average Bonchev–Trinajstić information content (AvgIpc) is 2.43. The summed E-state index contributed by atoms with van der Waals surface area (Å²) >= 11 is 1.57. The molecule has 2 heterocycles. The highest BCUT2D eigenvalue weighted by Gasteiger charge is 2.44. The van der Waals surface area contributed by atoms with Gasteiger partial charge in [0.25, 0.3) is 0 Å². The Morgan fingerprint density at radius 2 is 2.50 bits per heavy atom. The summed E-state index contributed by atoms with van der Waals surface area (Å²) in [5, 5.41) is 15.0. The fourth-order valence-corrected chi connectivity index (χ4v) is 2.23. The number of carboxylic acid groups (broad SMARTS) is 1. The Hall–Kier alpha value is -0.940. The highest BCUT2D eigenvalue weighted by molar-refractivity contribution is 7.09. The lowest BCUT2D eigenvalue weighted by molar-refractivity contribution is -0.152. The summed E-state index contributed by atoms with van der Waals surface area (Å²) in [6.45, 7) is 3.04. The molecule has 1 aromatic rings. The van der Waals surface area contributed by atoms with Crippen LogP contribution in [0.15, 0.2) is 5.38 Å². The van der Waals surface area contributed by atoms with Gasteiger partial charge in [-0.1, -0.05) is 0 Å². The minimum Gasteiger partial charge on any atom is -0.481 e. The van der Waals surface area contributed by atoms with Crippen molar-refractivity contribution in [3.63, 3.8) is 0 Å². The van der Waals surface area contributed by atoms with Crippen LogP contribution in [0.2, 0.25) is 0 Å². The number of hydrogen-bond donors (Lipinski definition) is 2. The van der Waals surface area contributed by atoms with Crippen LogP contribution < -0.4 is 5.32 Å². The molecule has 1 aromatic heterocycles. The lowest BCUT2D eigenvalue weighted by atomic mass is 9.78. The number of carboxylic acids is 1. The molecular weight excluding hydrogens is 200 g/mol. The molecule has 0 atom stereocenters. The van der Waals surface area contributed by atoms with Gasteiger partial charge >= 0.3 is 5.97 Å². The Morgan fingerprint density at radius 1 is 1.79 bits per heavy atom. The number of hydrogen-bond acceptors (Lipinski definition) is 4. The smallest absolute Gasteiger partial charge is 0.312 e. The number of aryl methyl sites for hydroxylation is 1. The van der Waals surface area contributed by atoms with Crippen molar-refractivity contribution in [2.24, 2.45) is 5.41 Å². The van der Waals surface area contributed by atoms with E-state index in [-0.39, 0.29) is 0 Å². The van der Waals surface area contributed by atoms with Crippen molar-refractivity contribution in [3.8, 4) is 0 Å². The molecule has 2 rings (SSSR count). The molecule has 1 fully saturated rings. The third-order valence-corrected chi connectivity index (χ3v) is 3.39. The molecule has 76 valence electrons. The number of rotatable bonds is 3. The largest absolute Gasteiger partial charge is 0.481 e. The Bertz CT molecular complexity index is 357. The van der Waals surface area contributed by atoms with Gasteiger partial charge in [-0.05, 0) is 6.92 Å². The molecule has 14 heavy (non-hydrogen) atoms. The number of aromatic nitrogens is 1. The summed E-state index contributed by atoms with van der Waals surface area (Å²) in [6, 6.07) is 0. The summed E-state index contributed by atoms with van der Waals surface area (Å²) < 4.78 is 0. The maximum Gasteiger partial charge on any atom is 0.312 e. The molecule has 5 heteroatoms. The first kappa shape index (κ1) is 9.61. The minimum absolute atomic E-state index is 0.541. The molecule has 1 aliphatic rings. The molecular formula is C9H12N2O2S. The molecule has 0 spiro atoms. The predicted molar refractivity (Wildman–Crippen MR) is 53.5 cm³/mol. The average molecular weight is 212 g/mol. The van der Waals surface area contributed by atoms with Crippen LogP contribution in [-0.2, 0) is 11.2 Å². The summed E-state index contributed by atoms with van der Waals surface area (Å²) in [5.41, 5.74) is 0.289. The molecule has 0 unspecified atom stereocenters. The van der Waals surface area contributed by atoms with E-state index in [2.05, 4.69) is 10.3 Å². The molecule has 1 aliphatic heterocycles. The van der Waals surface area contributed by atoms with Crippen LogP contribution in [0.4, 0.5) is 0 Å². The number of nitrogens with zero attached hydrogens (tertiary/aromatic N) is 1. The van der Waals surface area contributed by atoms with E-state index < -0.39 is 11.4 Å². The van der Waals surface area contributed by atoms with Gasteiger partial charge in [-0.3, -0.25) is 4.79 Å². The normalized spacial score (nSPS) is 18.9. The summed E-state index contributed by atoms with van der Waals surface area (Å²) in [5.74, 6) is -0.720. The molecule has 0 aliphatic carbocycles. The maximum atomic E-state index is 11.1. The summed E-state index contributed by atoms with van der Waals surface area (Å²) in [4.78, 5) is 15.3. The van der Waals surface area contributed by atoms with E-state index in [0.29, 0.717) is 19.5 Å². The number of thiazole rings is 1. The third kappa shape index (κ3) is 1.53. The third-order valence-electron chi connectivity index (χ3n) is 2.57. The fraction of sp³-hybridized carbons (Fsp3) is 0.556. The second-order valence-corrected chi connectivity index (χ2v) is 4.79. The highest BCUT2D eigenvalue weighted by Crippen LogP contribution is 2.28. The Kier molecular flexibility index (Phi) is 2.28. The van der Waals surface area contributed by atoms with Crippen LogP contribution in [0.3, 0.4) is 0 Å². The quantitative estimate of drug-likeness (QED) is 0.773. The lowest BCUT2D eigenvalue weighted by Crippen LogP contribution is -2.59. The van der Waals surface area contributed by atoms with Crippen LogP contribution in [0.5, 0.6) is 0 Å². The van der Waals surface area contributed by atoms with Crippen LogP contribution in [0.25, 0.3) is 0 Å². The first-order chi connectivity index (χ1) is 6.62. The molecule has 0 radical (unpaired) electrons. The van der Waals surface area contributed by atoms with Crippen molar-refractivity contribution in [2.45, 2.75) is 13.3 Å². The SMILES string of the molecule is Cc1nc(CC2(C(=O)O)CNC2)cs1. The molecule has 0 bridgehead atoms. The molecule has 0 saturated carbocycles. The standard InChI is InChI=1S/C9H12N2O2S/c1-6-11-7(3-14-6)2-9(8(12)13)4-10-5-9/h3,10H,2,4-5H2,1H3,(H,12,13). The maximum absolute atomic E-state index is 11.1.